The van der Waals surface area contributed by atoms with Gasteiger partial charge in [0, 0.05) is 45.4 Å². The minimum Gasteiger partial charge on any atom is -0.353 e. The molecule has 0 atom stereocenters. The predicted molar refractivity (Wildman–Crippen MR) is 154 cm³/mol. The molecule has 0 bridgehead atoms. The monoisotopic (exact) mass is 524 g/mol. The van der Waals surface area contributed by atoms with Gasteiger partial charge in [0.15, 0.2) is 5.65 Å². The quantitative estimate of drug-likeness (QED) is 0.221. The number of pyridine rings is 2. The second-order valence-corrected chi connectivity index (χ2v) is 9.43. The fourth-order valence-electron chi connectivity index (χ4n) is 4.92. The number of hydrogen-bond acceptors (Lipinski definition) is 4. The number of hydrogen-bond donors (Lipinski definition) is 3. The van der Waals surface area contributed by atoms with Crippen molar-refractivity contribution >= 4 is 33.5 Å². The molecule has 7 nitrogen and oxygen atoms in total. The zero-order valence-corrected chi connectivity index (χ0v) is 21.0. The maximum atomic E-state index is 13.9. The van der Waals surface area contributed by atoms with Gasteiger partial charge >= 0.3 is 0 Å². The Hall–Kier alpha value is -5.63. The van der Waals surface area contributed by atoms with Gasteiger partial charge in [-0.2, -0.15) is 5.10 Å². The van der Waals surface area contributed by atoms with E-state index in [4.69, 9.17) is 0 Å². The summed E-state index contributed by atoms with van der Waals surface area (Å²) < 4.78 is 13.9. The van der Waals surface area contributed by atoms with Crippen molar-refractivity contribution in [3.8, 4) is 33.6 Å². The molecule has 0 spiro atoms. The lowest BCUT2D eigenvalue weighted by atomic mass is 10.0. The van der Waals surface area contributed by atoms with Crippen LogP contribution in [0.25, 0.3) is 55.6 Å². The number of rotatable bonds is 5. The summed E-state index contributed by atoms with van der Waals surface area (Å²) in [5, 5.41) is 12.3. The first-order valence-corrected chi connectivity index (χ1v) is 12.7. The molecule has 0 aliphatic carbocycles. The smallest absolute Gasteiger partial charge is 0.255 e. The molecule has 0 aliphatic rings. The van der Waals surface area contributed by atoms with E-state index in [2.05, 4.69) is 30.5 Å². The molecule has 0 saturated carbocycles. The number of nitrogens with one attached hydrogen (secondary N) is 3. The fraction of sp³-hybridized carbons (Fsp3) is 0. The largest absolute Gasteiger partial charge is 0.353 e. The van der Waals surface area contributed by atoms with Gasteiger partial charge in [-0.3, -0.25) is 14.9 Å². The minimum atomic E-state index is -0.277. The molecule has 0 saturated heterocycles. The van der Waals surface area contributed by atoms with Crippen LogP contribution in [0, 0.1) is 5.82 Å². The van der Waals surface area contributed by atoms with Gasteiger partial charge in [0.2, 0.25) is 0 Å². The maximum Gasteiger partial charge on any atom is 0.255 e. The Morgan fingerprint density at radius 3 is 2.50 bits per heavy atom. The first-order valence-electron chi connectivity index (χ1n) is 12.7. The van der Waals surface area contributed by atoms with Crippen LogP contribution in [0.3, 0.4) is 0 Å². The van der Waals surface area contributed by atoms with Crippen molar-refractivity contribution < 1.29 is 9.18 Å². The number of aromatic amines is 2. The van der Waals surface area contributed by atoms with Crippen LogP contribution in [-0.2, 0) is 0 Å². The molecule has 0 aliphatic heterocycles. The topological polar surface area (TPSA) is 99.3 Å². The Kier molecular flexibility index (Phi) is 5.63. The lowest BCUT2D eigenvalue weighted by molar-refractivity contribution is 0.102. The molecular formula is C32H21FN6O. The van der Waals surface area contributed by atoms with Gasteiger partial charge in [0.1, 0.15) is 11.5 Å². The van der Waals surface area contributed by atoms with Crippen molar-refractivity contribution in [2.45, 2.75) is 0 Å². The number of anilines is 1. The highest BCUT2D eigenvalue weighted by Crippen LogP contribution is 2.35. The van der Waals surface area contributed by atoms with Gasteiger partial charge in [0.25, 0.3) is 5.91 Å². The highest BCUT2D eigenvalue weighted by Gasteiger charge is 2.16. The zero-order chi connectivity index (χ0) is 27.1. The van der Waals surface area contributed by atoms with Gasteiger partial charge in [0.05, 0.1) is 17.6 Å². The molecule has 40 heavy (non-hydrogen) atoms. The number of H-pyrrole nitrogens is 2. The van der Waals surface area contributed by atoms with Crippen molar-refractivity contribution in [3.05, 3.63) is 121 Å². The van der Waals surface area contributed by atoms with Gasteiger partial charge in [-0.05, 0) is 59.7 Å². The summed E-state index contributed by atoms with van der Waals surface area (Å²) in [4.78, 5) is 25.0. The van der Waals surface area contributed by atoms with Crippen molar-refractivity contribution in [2.24, 2.45) is 0 Å². The molecule has 3 N–H and O–H groups in total. The molecule has 4 aromatic heterocycles. The van der Waals surface area contributed by atoms with E-state index in [-0.39, 0.29) is 11.7 Å². The molecule has 192 valence electrons. The molecule has 7 aromatic rings. The Morgan fingerprint density at radius 2 is 1.62 bits per heavy atom. The molecule has 0 fully saturated rings. The SMILES string of the molecule is O=C(Nc1cncc(-c2cnc3[nH]nc(-c4cc5c(-c6cccc(F)c6)cccc5[nH]4)c3c2)c1)c1ccccc1. The van der Waals surface area contributed by atoms with Gasteiger partial charge < -0.3 is 10.3 Å². The predicted octanol–water partition coefficient (Wildman–Crippen LogP) is 7.23. The number of amides is 1. The highest BCUT2D eigenvalue weighted by atomic mass is 19.1. The summed E-state index contributed by atoms with van der Waals surface area (Å²) in [6.45, 7) is 0. The van der Waals surface area contributed by atoms with Crippen LogP contribution in [0.15, 0.2) is 110 Å². The van der Waals surface area contributed by atoms with E-state index in [0.717, 1.165) is 44.2 Å². The van der Waals surface area contributed by atoms with E-state index in [9.17, 15) is 9.18 Å². The maximum absolute atomic E-state index is 13.9. The average Bonchev–Trinajstić information content (AvgIpc) is 3.61. The van der Waals surface area contributed by atoms with Crippen LogP contribution in [-0.4, -0.2) is 31.1 Å². The van der Waals surface area contributed by atoms with Crippen LogP contribution in [0.1, 0.15) is 10.4 Å². The minimum absolute atomic E-state index is 0.207. The van der Waals surface area contributed by atoms with Crippen molar-refractivity contribution in [3.63, 3.8) is 0 Å². The number of halogens is 1. The summed E-state index contributed by atoms with van der Waals surface area (Å²) in [7, 11) is 0. The number of aromatic nitrogens is 5. The second kappa shape index (κ2) is 9.59. The van der Waals surface area contributed by atoms with Crippen LogP contribution >= 0.6 is 0 Å². The Bertz CT molecular complexity index is 2030. The Morgan fingerprint density at radius 1 is 0.775 bits per heavy atom. The zero-order valence-electron chi connectivity index (χ0n) is 21.0. The number of fused-ring (bicyclic) bond motifs is 2. The van der Waals surface area contributed by atoms with Crippen LogP contribution < -0.4 is 5.32 Å². The molecule has 1 amide bonds. The highest BCUT2D eigenvalue weighted by molar-refractivity contribution is 6.04. The van der Waals surface area contributed by atoms with Crippen molar-refractivity contribution in [1.29, 1.82) is 0 Å². The summed E-state index contributed by atoms with van der Waals surface area (Å²) in [5.41, 5.74) is 7.60. The van der Waals surface area contributed by atoms with Gasteiger partial charge in [-0.1, -0.05) is 42.5 Å². The van der Waals surface area contributed by atoms with Crippen molar-refractivity contribution in [1.82, 2.24) is 25.1 Å². The third-order valence-corrected chi connectivity index (χ3v) is 6.84. The molecule has 8 heteroatoms. The Labute approximate surface area is 227 Å². The lowest BCUT2D eigenvalue weighted by Gasteiger charge is -2.07. The van der Waals surface area contributed by atoms with E-state index in [1.54, 1.807) is 36.8 Å². The summed E-state index contributed by atoms with van der Waals surface area (Å²) >= 11 is 0. The standard InChI is InChI=1S/C32H21FN6O/c33-23-9-4-8-20(12-23)25-10-5-11-28-26(25)15-29(37-28)30-27-14-22(17-35-31(27)39-38-30)21-13-24(18-34-16-21)36-32(40)19-6-2-1-3-7-19/h1-18,37H,(H,36,40)(H,35,38,39). The van der Waals surface area contributed by atoms with E-state index >= 15 is 0 Å². The van der Waals surface area contributed by atoms with E-state index < -0.39 is 0 Å². The number of carbonyl (C=O) groups is 1. The lowest BCUT2D eigenvalue weighted by Crippen LogP contribution is -2.11. The summed E-state index contributed by atoms with van der Waals surface area (Å²) in [6, 6.07) is 27.4. The molecular weight excluding hydrogens is 503 g/mol. The third-order valence-electron chi connectivity index (χ3n) is 6.84. The van der Waals surface area contributed by atoms with E-state index in [0.29, 0.717) is 22.6 Å². The van der Waals surface area contributed by atoms with Gasteiger partial charge in [-0.25, -0.2) is 9.37 Å². The summed E-state index contributed by atoms with van der Waals surface area (Å²) in [5.74, 6) is -0.484. The first-order chi connectivity index (χ1) is 19.6. The third kappa shape index (κ3) is 4.27. The van der Waals surface area contributed by atoms with E-state index in [1.807, 2.05) is 60.7 Å². The number of benzene rings is 3. The molecule has 7 rings (SSSR count). The van der Waals surface area contributed by atoms with Crippen LogP contribution in [0.5, 0.6) is 0 Å². The molecule has 0 unspecified atom stereocenters. The van der Waals surface area contributed by atoms with Crippen LogP contribution in [0.2, 0.25) is 0 Å². The molecule has 3 aromatic carbocycles. The Balaban J connectivity index is 1.25. The number of nitrogens with zero attached hydrogens (tertiary/aromatic N) is 3. The fourth-order valence-corrected chi connectivity index (χ4v) is 4.92. The molecule has 0 radical (unpaired) electrons. The first kappa shape index (κ1) is 23.5. The average molecular weight is 525 g/mol. The number of carbonyl (C=O) groups excluding carboxylic acids is 1. The van der Waals surface area contributed by atoms with Crippen LogP contribution in [0.4, 0.5) is 10.1 Å². The van der Waals surface area contributed by atoms with Crippen molar-refractivity contribution in [2.75, 3.05) is 5.32 Å². The molecule has 4 heterocycles. The van der Waals surface area contributed by atoms with Gasteiger partial charge in [-0.15, -0.1) is 0 Å². The normalized spacial score (nSPS) is 11.2. The summed E-state index contributed by atoms with van der Waals surface area (Å²) in [6.07, 6.45) is 5.09. The second-order valence-electron chi connectivity index (χ2n) is 9.43. The van der Waals surface area contributed by atoms with E-state index in [1.165, 1.54) is 12.1 Å².